The number of halogens is 1. The maximum atomic E-state index is 8.82. The fourth-order valence-corrected chi connectivity index (χ4v) is 2.13. The minimum absolute atomic E-state index is 0.639. The highest BCUT2D eigenvalue weighted by Gasteiger charge is 2.01. The second-order valence-electron chi connectivity index (χ2n) is 3.56. The van der Waals surface area contributed by atoms with Crippen molar-refractivity contribution in [1.82, 2.24) is 0 Å². The Morgan fingerprint density at radius 3 is 2.71 bits per heavy atom. The van der Waals surface area contributed by atoms with Gasteiger partial charge in [-0.3, -0.25) is 0 Å². The van der Waals surface area contributed by atoms with Gasteiger partial charge in [-0.1, -0.05) is 6.07 Å². The molecule has 17 heavy (non-hydrogen) atoms. The van der Waals surface area contributed by atoms with Crippen LogP contribution in [0.1, 0.15) is 5.56 Å². The third-order valence-corrected chi connectivity index (χ3v) is 3.16. The summed E-state index contributed by atoms with van der Waals surface area (Å²) < 4.78 is 1.05. The first-order chi connectivity index (χ1) is 8.19. The molecule has 0 aliphatic heterocycles. The minimum atomic E-state index is 0.639. The van der Waals surface area contributed by atoms with E-state index in [1.165, 1.54) is 0 Å². The molecular formula is C13H10IN3. The van der Waals surface area contributed by atoms with Crippen molar-refractivity contribution in [3.8, 4) is 6.07 Å². The van der Waals surface area contributed by atoms with E-state index < -0.39 is 0 Å². The van der Waals surface area contributed by atoms with E-state index in [0.29, 0.717) is 5.56 Å². The highest BCUT2D eigenvalue weighted by atomic mass is 127. The predicted molar refractivity (Wildman–Crippen MR) is 78.0 cm³/mol. The fourth-order valence-electron chi connectivity index (χ4n) is 1.45. The summed E-state index contributed by atoms with van der Waals surface area (Å²) in [5.41, 5.74) is 8.95. The van der Waals surface area contributed by atoms with E-state index in [2.05, 4.69) is 34.0 Å². The number of nitriles is 1. The van der Waals surface area contributed by atoms with Crippen molar-refractivity contribution in [2.75, 3.05) is 11.1 Å². The first-order valence-corrected chi connectivity index (χ1v) is 6.09. The molecule has 84 valence electrons. The number of hydrogen-bond donors (Lipinski definition) is 2. The van der Waals surface area contributed by atoms with Crippen molar-refractivity contribution in [1.29, 1.82) is 5.26 Å². The lowest BCUT2D eigenvalue weighted by atomic mass is 10.2. The van der Waals surface area contributed by atoms with Gasteiger partial charge in [0.15, 0.2) is 0 Å². The van der Waals surface area contributed by atoms with Gasteiger partial charge in [0, 0.05) is 14.9 Å². The molecule has 0 unspecified atom stereocenters. The normalized spacial score (nSPS) is 9.65. The monoisotopic (exact) mass is 335 g/mol. The lowest BCUT2D eigenvalue weighted by Crippen LogP contribution is -1.95. The van der Waals surface area contributed by atoms with E-state index in [1.807, 2.05) is 36.4 Å². The Bertz CT molecular complexity index is 587. The highest BCUT2D eigenvalue weighted by molar-refractivity contribution is 14.1. The second kappa shape index (κ2) is 5.06. The van der Waals surface area contributed by atoms with Gasteiger partial charge in [0.25, 0.3) is 0 Å². The summed E-state index contributed by atoms with van der Waals surface area (Å²) in [4.78, 5) is 0. The number of rotatable bonds is 2. The first kappa shape index (κ1) is 11.7. The number of anilines is 3. The molecule has 2 aromatic carbocycles. The molecule has 0 radical (unpaired) electrons. The summed E-state index contributed by atoms with van der Waals surface area (Å²) in [6.45, 7) is 0. The molecule has 2 aromatic rings. The Hall–Kier alpha value is -1.74. The predicted octanol–water partition coefficient (Wildman–Crippen LogP) is 3.49. The number of hydrogen-bond acceptors (Lipinski definition) is 3. The van der Waals surface area contributed by atoms with Crippen LogP contribution in [-0.2, 0) is 0 Å². The fraction of sp³-hybridized carbons (Fsp3) is 0. The van der Waals surface area contributed by atoms with Gasteiger partial charge in [-0.2, -0.15) is 5.26 Å². The zero-order valence-corrected chi connectivity index (χ0v) is 11.1. The molecule has 0 aliphatic rings. The molecule has 3 N–H and O–H groups in total. The van der Waals surface area contributed by atoms with Crippen molar-refractivity contribution < 1.29 is 0 Å². The maximum absolute atomic E-state index is 8.82. The van der Waals surface area contributed by atoms with Gasteiger partial charge in [-0.15, -0.1) is 0 Å². The zero-order valence-electron chi connectivity index (χ0n) is 8.94. The van der Waals surface area contributed by atoms with Crippen molar-refractivity contribution in [2.24, 2.45) is 0 Å². The SMILES string of the molecule is N#Cc1cccc(Nc2ccc(N)cc2I)c1. The zero-order chi connectivity index (χ0) is 12.3. The average Bonchev–Trinajstić information content (AvgIpc) is 2.33. The quantitative estimate of drug-likeness (QED) is 0.652. The van der Waals surface area contributed by atoms with Crippen LogP contribution in [0.2, 0.25) is 0 Å². The van der Waals surface area contributed by atoms with Gasteiger partial charge in [0.1, 0.15) is 0 Å². The van der Waals surface area contributed by atoms with E-state index in [1.54, 1.807) is 6.07 Å². The van der Waals surface area contributed by atoms with Crippen molar-refractivity contribution >= 4 is 39.7 Å². The molecule has 0 bridgehead atoms. The van der Waals surface area contributed by atoms with E-state index in [9.17, 15) is 0 Å². The van der Waals surface area contributed by atoms with Crippen LogP contribution < -0.4 is 11.1 Å². The molecule has 0 atom stereocenters. The Balaban J connectivity index is 2.28. The second-order valence-corrected chi connectivity index (χ2v) is 4.72. The third-order valence-electron chi connectivity index (χ3n) is 2.26. The van der Waals surface area contributed by atoms with Gasteiger partial charge in [0.2, 0.25) is 0 Å². The van der Waals surface area contributed by atoms with Crippen LogP contribution >= 0.6 is 22.6 Å². The van der Waals surface area contributed by atoms with Gasteiger partial charge >= 0.3 is 0 Å². The van der Waals surface area contributed by atoms with Crippen molar-refractivity contribution in [3.63, 3.8) is 0 Å². The third kappa shape index (κ3) is 2.88. The average molecular weight is 335 g/mol. The smallest absolute Gasteiger partial charge is 0.0992 e. The summed E-state index contributed by atoms with van der Waals surface area (Å²) in [5.74, 6) is 0. The molecule has 0 fully saturated rings. The lowest BCUT2D eigenvalue weighted by molar-refractivity contribution is 1.47. The van der Waals surface area contributed by atoms with Crippen LogP contribution in [0, 0.1) is 14.9 Å². The molecule has 0 saturated carbocycles. The number of nitrogen functional groups attached to an aromatic ring is 1. The standard InChI is InChI=1S/C13H10IN3/c14-12-7-10(16)4-5-13(12)17-11-3-1-2-9(6-11)8-15/h1-7,17H,16H2. The van der Waals surface area contributed by atoms with E-state index in [-0.39, 0.29) is 0 Å². The first-order valence-electron chi connectivity index (χ1n) is 5.01. The summed E-state index contributed by atoms with van der Waals surface area (Å²) in [6.07, 6.45) is 0. The number of nitrogens with one attached hydrogen (secondary N) is 1. The molecule has 3 nitrogen and oxygen atoms in total. The summed E-state index contributed by atoms with van der Waals surface area (Å²) in [5, 5.41) is 12.1. The van der Waals surface area contributed by atoms with Gasteiger partial charge in [-0.05, 0) is 59.0 Å². The number of nitrogens with two attached hydrogens (primary N) is 1. The van der Waals surface area contributed by atoms with Crippen LogP contribution in [0.5, 0.6) is 0 Å². The number of benzene rings is 2. The van der Waals surface area contributed by atoms with Gasteiger partial charge in [-0.25, -0.2) is 0 Å². The van der Waals surface area contributed by atoms with Crippen LogP contribution in [0.15, 0.2) is 42.5 Å². The molecule has 0 saturated heterocycles. The Morgan fingerprint density at radius 1 is 1.18 bits per heavy atom. The van der Waals surface area contributed by atoms with Crippen LogP contribution in [-0.4, -0.2) is 0 Å². The summed E-state index contributed by atoms with van der Waals surface area (Å²) in [6, 6.07) is 15.2. The Morgan fingerprint density at radius 2 is 2.00 bits per heavy atom. The lowest BCUT2D eigenvalue weighted by Gasteiger charge is -2.09. The van der Waals surface area contributed by atoms with E-state index in [0.717, 1.165) is 20.6 Å². The van der Waals surface area contributed by atoms with Crippen molar-refractivity contribution in [3.05, 3.63) is 51.6 Å². The minimum Gasteiger partial charge on any atom is -0.399 e. The molecule has 0 spiro atoms. The van der Waals surface area contributed by atoms with Crippen LogP contribution in [0.25, 0.3) is 0 Å². The summed E-state index contributed by atoms with van der Waals surface area (Å²) >= 11 is 2.22. The van der Waals surface area contributed by atoms with Crippen LogP contribution in [0.4, 0.5) is 17.1 Å². The highest BCUT2D eigenvalue weighted by Crippen LogP contribution is 2.24. The van der Waals surface area contributed by atoms with E-state index in [4.69, 9.17) is 11.0 Å². The molecule has 2 rings (SSSR count). The van der Waals surface area contributed by atoms with Gasteiger partial charge < -0.3 is 11.1 Å². The molecule has 0 heterocycles. The van der Waals surface area contributed by atoms with Crippen LogP contribution in [0.3, 0.4) is 0 Å². The van der Waals surface area contributed by atoms with Crippen molar-refractivity contribution in [2.45, 2.75) is 0 Å². The molecule has 4 heteroatoms. The number of nitrogens with zero attached hydrogens (tertiary/aromatic N) is 1. The molecule has 0 amide bonds. The molecule has 0 aliphatic carbocycles. The molecule has 0 aromatic heterocycles. The maximum Gasteiger partial charge on any atom is 0.0992 e. The largest absolute Gasteiger partial charge is 0.399 e. The van der Waals surface area contributed by atoms with Gasteiger partial charge in [0.05, 0.1) is 17.3 Å². The Kier molecular flexibility index (Phi) is 3.49. The topological polar surface area (TPSA) is 61.8 Å². The summed E-state index contributed by atoms with van der Waals surface area (Å²) in [7, 11) is 0. The van der Waals surface area contributed by atoms with E-state index >= 15 is 0 Å². The Labute approximate surface area is 113 Å². The molecular weight excluding hydrogens is 325 g/mol.